The Morgan fingerprint density at radius 3 is 2.46 bits per heavy atom. The van der Waals surface area contributed by atoms with Crippen LogP contribution in [0.15, 0.2) is 54.0 Å². The number of benzene rings is 1. The normalized spacial score (nSPS) is 10.3. The molecule has 3 aromatic rings. The summed E-state index contributed by atoms with van der Waals surface area (Å²) in [5.74, 6) is -1.67. The highest BCUT2D eigenvalue weighted by Gasteiger charge is 2.13. The van der Waals surface area contributed by atoms with E-state index in [0.29, 0.717) is 16.4 Å². The third kappa shape index (κ3) is 4.17. The first-order valence-corrected chi connectivity index (χ1v) is 8.44. The van der Waals surface area contributed by atoms with Crippen LogP contribution in [0, 0.1) is 0 Å². The zero-order chi connectivity index (χ0) is 18.5. The van der Waals surface area contributed by atoms with Gasteiger partial charge < -0.3 is 5.11 Å². The van der Waals surface area contributed by atoms with Gasteiger partial charge in [-0.1, -0.05) is 30.3 Å². The minimum Gasteiger partial charge on any atom is -0.478 e. The Kier molecular flexibility index (Phi) is 5.14. The van der Waals surface area contributed by atoms with Crippen LogP contribution >= 0.6 is 11.3 Å². The molecule has 0 spiro atoms. The van der Waals surface area contributed by atoms with Crippen LogP contribution < -0.4 is 5.32 Å². The second kappa shape index (κ2) is 7.66. The molecule has 8 heteroatoms. The Hall–Kier alpha value is -3.39. The zero-order valence-electron chi connectivity index (χ0n) is 13.4. The van der Waals surface area contributed by atoms with Gasteiger partial charge in [0.05, 0.1) is 17.7 Å². The lowest BCUT2D eigenvalue weighted by Gasteiger charge is -2.01. The van der Waals surface area contributed by atoms with Crippen LogP contribution in [-0.4, -0.2) is 32.7 Å². The van der Waals surface area contributed by atoms with Crippen molar-refractivity contribution in [1.82, 2.24) is 9.97 Å². The van der Waals surface area contributed by atoms with E-state index >= 15 is 0 Å². The number of carbonyl (C=O) groups is 3. The summed E-state index contributed by atoms with van der Waals surface area (Å²) in [6, 6.07) is 11.5. The van der Waals surface area contributed by atoms with E-state index in [4.69, 9.17) is 5.11 Å². The van der Waals surface area contributed by atoms with Crippen molar-refractivity contribution in [3.63, 3.8) is 0 Å². The van der Waals surface area contributed by atoms with Gasteiger partial charge in [-0.3, -0.25) is 19.9 Å². The molecule has 0 unspecified atom stereocenters. The first kappa shape index (κ1) is 17.4. The number of rotatable bonds is 6. The molecule has 3 rings (SSSR count). The molecule has 0 fully saturated rings. The van der Waals surface area contributed by atoms with Crippen molar-refractivity contribution < 1.29 is 19.5 Å². The topological polar surface area (TPSA) is 109 Å². The molecule has 26 heavy (non-hydrogen) atoms. The minimum atomic E-state index is -1.11. The standard InChI is InChI=1S/C18H13N3O4S/c22-15(11-4-2-1-3-5-11)8-13-10-26-18(20-13)21-16(23)14-7-6-12(9-19-14)17(24)25/h1-7,9-10H,8H2,(H,24,25)(H,20,21,23). The Labute approximate surface area is 152 Å². The average molecular weight is 367 g/mol. The summed E-state index contributed by atoms with van der Waals surface area (Å²) in [7, 11) is 0. The molecule has 0 aliphatic carbocycles. The van der Waals surface area contributed by atoms with E-state index in [1.54, 1.807) is 29.6 Å². The third-order valence-electron chi connectivity index (χ3n) is 3.45. The van der Waals surface area contributed by atoms with Gasteiger partial charge in [-0.25, -0.2) is 9.78 Å². The van der Waals surface area contributed by atoms with Crippen molar-refractivity contribution in [3.8, 4) is 0 Å². The lowest BCUT2D eigenvalue weighted by molar-refractivity contribution is 0.0695. The maximum Gasteiger partial charge on any atom is 0.337 e. The zero-order valence-corrected chi connectivity index (χ0v) is 14.2. The molecule has 1 amide bonds. The summed E-state index contributed by atoms with van der Waals surface area (Å²) < 4.78 is 0. The van der Waals surface area contributed by atoms with Crippen molar-refractivity contribution in [2.75, 3.05) is 5.32 Å². The van der Waals surface area contributed by atoms with Gasteiger partial charge in [0.2, 0.25) is 0 Å². The number of hydrogen-bond acceptors (Lipinski definition) is 6. The van der Waals surface area contributed by atoms with Crippen LogP contribution in [0.5, 0.6) is 0 Å². The van der Waals surface area contributed by atoms with E-state index in [2.05, 4.69) is 15.3 Å². The summed E-state index contributed by atoms with van der Waals surface area (Å²) in [4.78, 5) is 43.1. The monoisotopic (exact) mass is 367 g/mol. The number of Topliss-reactive ketones (excluding diaryl/α,β-unsaturated/α-hetero) is 1. The van der Waals surface area contributed by atoms with E-state index in [9.17, 15) is 14.4 Å². The highest BCUT2D eigenvalue weighted by Crippen LogP contribution is 2.18. The quantitative estimate of drug-likeness (QED) is 0.648. The summed E-state index contributed by atoms with van der Waals surface area (Å²) in [5, 5.41) is 13.5. The molecule has 0 aliphatic rings. The number of nitrogens with zero attached hydrogens (tertiary/aromatic N) is 2. The first-order chi connectivity index (χ1) is 12.5. The Balaban J connectivity index is 1.63. The van der Waals surface area contributed by atoms with Crippen molar-refractivity contribution in [2.24, 2.45) is 0 Å². The van der Waals surface area contributed by atoms with Gasteiger partial charge in [-0.05, 0) is 12.1 Å². The van der Waals surface area contributed by atoms with Crippen LogP contribution in [-0.2, 0) is 6.42 Å². The lowest BCUT2D eigenvalue weighted by atomic mass is 10.1. The van der Waals surface area contributed by atoms with E-state index in [1.807, 2.05) is 6.07 Å². The molecule has 0 saturated heterocycles. The summed E-state index contributed by atoms with van der Waals surface area (Å²) in [6.45, 7) is 0. The minimum absolute atomic E-state index is 0.00231. The number of aromatic carboxylic acids is 1. The number of nitrogens with one attached hydrogen (secondary N) is 1. The Morgan fingerprint density at radius 2 is 1.81 bits per heavy atom. The fourth-order valence-corrected chi connectivity index (χ4v) is 2.86. The number of amides is 1. The Morgan fingerprint density at radius 1 is 1.04 bits per heavy atom. The van der Waals surface area contributed by atoms with Gasteiger partial charge in [0, 0.05) is 17.1 Å². The highest BCUT2D eigenvalue weighted by atomic mass is 32.1. The molecule has 0 saturated carbocycles. The number of anilines is 1. The van der Waals surface area contributed by atoms with Crippen molar-refractivity contribution in [2.45, 2.75) is 6.42 Å². The smallest absolute Gasteiger partial charge is 0.337 e. The number of carboxylic acids is 1. The average Bonchev–Trinajstić information content (AvgIpc) is 3.09. The van der Waals surface area contributed by atoms with Crippen molar-refractivity contribution >= 4 is 34.1 Å². The summed E-state index contributed by atoms with van der Waals surface area (Å²) in [5.41, 5.74) is 1.24. The predicted octanol–water partition coefficient (Wildman–Crippen LogP) is 2.91. The van der Waals surface area contributed by atoms with Crippen molar-refractivity contribution in [3.05, 3.63) is 76.6 Å². The SMILES string of the molecule is O=C(O)c1ccc(C(=O)Nc2nc(CC(=O)c3ccccc3)cs2)nc1. The van der Waals surface area contributed by atoms with Crippen LogP contribution in [0.2, 0.25) is 0 Å². The Bertz CT molecular complexity index is 952. The van der Waals surface area contributed by atoms with Crippen LogP contribution in [0.4, 0.5) is 5.13 Å². The molecule has 130 valence electrons. The summed E-state index contributed by atoms with van der Waals surface area (Å²) in [6.07, 6.45) is 1.25. The van der Waals surface area contributed by atoms with E-state index in [1.165, 1.54) is 23.5 Å². The molecule has 0 bridgehead atoms. The molecule has 2 aromatic heterocycles. The van der Waals surface area contributed by atoms with Gasteiger partial charge in [-0.15, -0.1) is 11.3 Å². The fourth-order valence-electron chi connectivity index (χ4n) is 2.15. The van der Waals surface area contributed by atoms with E-state index in [-0.39, 0.29) is 23.5 Å². The maximum absolute atomic E-state index is 12.2. The number of ketones is 1. The number of pyridine rings is 1. The first-order valence-electron chi connectivity index (χ1n) is 7.56. The molecule has 0 aliphatic heterocycles. The van der Waals surface area contributed by atoms with E-state index in [0.717, 1.165) is 6.20 Å². The number of aromatic nitrogens is 2. The molecule has 7 nitrogen and oxygen atoms in total. The second-order valence-electron chi connectivity index (χ2n) is 5.30. The van der Waals surface area contributed by atoms with Crippen LogP contribution in [0.25, 0.3) is 0 Å². The number of hydrogen-bond donors (Lipinski definition) is 2. The fraction of sp³-hybridized carbons (Fsp3) is 0.0556. The van der Waals surface area contributed by atoms with Gasteiger partial charge in [0.25, 0.3) is 5.91 Å². The molecule has 1 aromatic carbocycles. The van der Waals surface area contributed by atoms with Gasteiger partial charge >= 0.3 is 5.97 Å². The van der Waals surface area contributed by atoms with Crippen LogP contribution in [0.1, 0.15) is 36.9 Å². The molecule has 0 radical (unpaired) electrons. The predicted molar refractivity (Wildman–Crippen MR) is 95.7 cm³/mol. The summed E-state index contributed by atoms with van der Waals surface area (Å²) >= 11 is 1.20. The molecule has 2 heterocycles. The number of carboxylic acid groups (broad SMARTS) is 1. The molecular weight excluding hydrogens is 354 g/mol. The molecule has 0 atom stereocenters. The second-order valence-corrected chi connectivity index (χ2v) is 6.16. The van der Waals surface area contributed by atoms with Crippen molar-refractivity contribution in [1.29, 1.82) is 0 Å². The molecular formula is C18H13N3O4S. The number of carbonyl (C=O) groups excluding carboxylic acids is 2. The van der Waals surface area contributed by atoms with E-state index < -0.39 is 11.9 Å². The van der Waals surface area contributed by atoms with Crippen LogP contribution in [0.3, 0.4) is 0 Å². The third-order valence-corrected chi connectivity index (χ3v) is 4.26. The van der Waals surface area contributed by atoms with Gasteiger partial charge in [0.1, 0.15) is 5.69 Å². The lowest BCUT2D eigenvalue weighted by Crippen LogP contribution is -2.14. The van der Waals surface area contributed by atoms with Gasteiger partial charge in [-0.2, -0.15) is 0 Å². The number of thiazole rings is 1. The molecule has 2 N–H and O–H groups in total. The largest absolute Gasteiger partial charge is 0.478 e. The maximum atomic E-state index is 12.2. The van der Waals surface area contributed by atoms with Gasteiger partial charge in [0.15, 0.2) is 10.9 Å². The highest BCUT2D eigenvalue weighted by molar-refractivity contribution is 7.14.